The van der Waals surface area contributed by atoms with Gasteiger partial charge in [0.15, 0.2) is 25.8 Å². The molecule has 13 heteroatoms. The second-order valence-electron chi connectivity index (χ2n) is 14.8. The van der Waals surface area contributed by atoms with Gasteiger partial charge < -0.3 is 33.2 Å². The number of Topliss-reactive ketones (excluding diaryl/α,β-unsaturated/α-hetero) is 2. The molecule has 1 aromatic rings. The first-order valence-electron chi connectivity index (χ1n) is 17.1. The summed E-state index contributed by atoms with van der Waals surface area (Å²) in [6.45, 7) is 13.6. The van der Waals surface area contributed by atoms with E-state index in [4.69, 9.17) is 28.1 Å². The van der Waals surface area contributed by atoms with Gasteiger partial charge >= 0.3 is 18.1 Å². The minimum absolute atomic E-state index is 0.0368. The lowest BCUT2D eigenvalue weighted by molar-refractivity contribution is -0.342. The highest BCUT2D eigenvalue weighted by molar-refractivity contribution is 6.73. The molecule has 49 heavy (non-hydrogen) atoms. The molecule has 12 nitrogen and oxygen atoms in total. The van der Waals surface area contributed by atoms with Crippen LogP contribution in [0.5, 0.6) is 0 Å². The Morgan fingerprint density at radius 1 is 1.02 bits per heavy atom. The van der Waals surface area contributed by atoms with E-state index in [9.17, 15) is 24.3 Å². The number of carbonyl (C=O) groups is 5. The molecule has 1 aromatic carbocycles. The predicted octanol–water partition coefficient (Wildman–Crippen LogP) is 4.47. The van der Waals surface area contributed by atoms with E-state index in [1.807, 2.05) is 0 Å². The number of aliphatic hydroxyl groups is 1. The van der Waals surface area contributed by atoms with Gasteiger partial charge in [-0.15, -0.1) is 0 Å². The molecule has 0 amide bonds. The molecule has 2 heterocycles. The second kappa shape index (κ2) is 11.8. The molecule has 266 valence electrons. The van der Waals surface area contributed by atoms with Gasteiger partial charge in [0.25, 0.3) is 0 Å². The maximum atomic E-state index is 15.3. The summed E-state index contributed by atoms with van der Waals surface area (Å²) >= 11 is 0. The Kier molecular flexibility index (Phi) is 8.57. The third-order valence-electron chi connectivity index (χ3n) is 12.5. The molecular weight excluding hydrogens is 652 g/mol. The fraction of sp³-hybridized carbons (Fsp3) is 0.639. The molecule has 0 radical (unpaired) electrons. The number of aliphatic hydroxyl groups excluding tert-OH is 1. The number of fused-ring (bicyclic) bond motifs is 4. The maximum absolute atomic E-state index is 15.3. The Balaban J connectivity index is 1.71. The molecule has 0 unspecified atom stereocenters. The summed E-state index contributed by atoms with van der Waals surface area (Å²) < 4.78 is 37.7. The molecule has 1 N–H and O–H groups in total. The minimum atomic E-state index is -2.50. The van der Waals surface area contributed by atoms with Crippen LogP contribution in [-0.2, 0) is 42.5 Å². The molecule has 4 fully saturated rings. The van der Waals surface area contributed by atoms with Crippen LogP contribution in [0.2, 0.25) is 18.1 Å². The second-order valence-corrected chi connectivity index (χ2v) is 19.5. The number of benzene rings is 1. The highest BCUT2D eigenvalue weighted by Crippen LogP contribution is 2.66. The lowest BCUT2D eigenvalue weighted by atomic mass is 9.44. The first kappa shape index (κ1) is 35.4. The average Bonchev–Trinajstić information content (AvgIpc) is 3.44. The number of ketones is 2. The zero-order valence-electron chi connectivity index (χ0n) is 29.3. The van der Waals surface area contributed by atoms with Gasteiger partial charge in [-0.05, 0) is 55.3 Å². The first-order valence-corrected chi connectivity index (χ1v) is 19.7. The Labute approximate surface area is 286 Å². The predicted molar refractivity (Wildman–Crippen MR) is 175 cm³/mol. The average molecular weight is 699 g/mol. The van der Waals surface area contributed by atoms with Crippen molar-refractivity contribution in [1.82, 2.24) is 0 Å². The summed E-state index contributed by atoms with van der Waals surface area (Å²) in [6.07, 6.45) is -7.87. The van der Waals surface area contributed by atoms with Crippen molar-refractivity contribution in [3.05, 3.63) is 47.0 Å². The molecule has 2 saturated carbocycles. The monoisotopic (exact) mass is 698 g/mol. The van der Waals surface area contributed by atoms with Crippen molar-refractivity contribution in [2.75, 3.05) is 6.61 Å². The van der Waals surface area contributed by atoms with Crippen molar-refractivity contribution >= 4 is 38.0 Å². The first-order chi connectivity index (χ1) is 23.0. The van der Waals surface area contributed by atoms with Crippen LogP contribution in [0.4, 0.5) is 4.79 Å². The quantitative estimate of drug-likeness (QED) is 0.231. The summed E-state index contributed by atoms with van der Waals surface area (Å²) in [5.41, 5.74) is -6.74. The highest BCUT2D eigenvalue weighted by atomic mass is 28.4. The topological polar surface area (TPSA) is 161 Å². The largest absolute Gasteiger partial charge is 0.510 e. The van der Waals surface area contributed by atoms with Crippen LogP contribution in [0.3, 0.4) is 0 Å². The van der Waals surface area contributed by atoms with Crippen LogP contribution >= 0.6 is 0 Å². The Morgan fingerprint density at radius 2 is 1.65 bits per heavy atom. The van der Waals surface area contributed by atoms with Crippen molar-refractivity contribution in [3.8, 4) is 0 Å². The fourth-order valence-electron chi connectivity index (χ4n) is 9.66. The minimum Gasteiger partial charge on any atom is -0.454 e. The van der Waals surface area contributed by atoms with E-state index >= 15 is 4.79 Å². The number of carbonyl (C=O) groups excluding carboxylic acids is 5. The Hall–Kier alpha value is -3.39. The summed E-state index contributed by atoms with van der Waals surface area (Å²) in [5.74, 6) is -4.22. The maximum Gasteiger partial charge on any atom is 0.510 e. The molecule has 2 bridgehead atoms. The normalized spacial score (nSPS) is 37.7. The molecule has 2 aliphatic heterocycles. The van der Waals surface area contributed by atoms with Crippen molar-refractivity contribution in [2.45, 2.75) is 122 Å². The number of rotatable bonds is 8. The summed E-state index contributed by atoms with van der Waals surface area (Å²) in [4.78, 5) is 70.0. The van der Waals surface area contributed by atoms with Crippen molar-refractivity contribution in [2.24, 2.45) is 16.7 Å². The van der Waals surface area contributed by atoms with Gasteiger partial charge in [-0.3, -0.25) is 14.4 Å². The zero-order chi connectivity index (χ0) is 35.9. The van der Waals surface area contributed by atoms with Crippen molar-refractivity contribution < 1.29 is 57.2 Å². The highest BCUT2D eigenvalue weighted by Gasteiger charge is 2.83. The third kappa shape index (κ3) is 4.68. The molecule has 2 saturated heterocycles. The van der Waals surface area contributed by atoms with Crippen molar-refractivity contribution in [1.29, 1.82) is 0 Å². The number of ether oxygens (including phenoxy) is 5. The fourth-order valence-corrected chi connectivity index (χ4v) is 12.6. The molecule has 6 rings (SSSR count). The van der Waals surface area contributed by atoms with Crippen molar-refractivity contribution in [3.63, 3.8) is 0 Å². The molecule has 3 aliphatic carbocycles. The number of hydrogen-bond donors (Lipinski definition) is 1. The van der Waals surface area contributed by atoms with E-state index in [-0.39, 0.29) is 29.7 Å². The smallest absolute Gasteiger partial charge is 0.454 e. The molecule has 1 spiro atoms. The number of hydrogen-bond acceptors (Lipinski definition) is 12. The van der Waals surface area contributed by atoms with E-state index in [1.54, 1.807) is 51.1 Å². The van der Waals surface area contributed by atoms with Crippen LogP contribution in [0, 0.1) is 16.7 Å². The van der Waals surface area contributed by atoms with Crippen LogP contribution in [0.25, 0.3) is 0 Å². The van der Waals surface area contributed by atoms with Crippen LogP contribution in [-0.4, -0.2) is 91.4 Å². The van der Waals surface area contributed by atoms with Gasteiger partial charge in [-0.1, -0.05) is 52.8 Å². The van der Waals surface area contributed by atoms with E-state index < -0.39 is 96.4 Å². The molecule has 9 atom stereocenters. The van der Waals surface area contributed by atoms with E-state index in [1.165, 1.54) is 13.8 Å². The van der Waals surface area contributed by atoms with Crippen LogP contribution in [0.1, 0.15) is 72.2 Å². The zero-order valence-corrected chi connectivity index (χ0v) is 30.3. The summed E-state index contributed by atoms with van der Waals surface area (Å²) in [7, 11) is -2.50. The third-order valence-corrected chi connectivity index (χ3v) is 17.2. The van der Waals surface area contributed by atoms with E-state index in [2.05, 4.69) is 20.8 Å². The lowest BCUT2D eigenvalue weighted by Crippen LogP contribution is -2.83. The van der Waals surface area contributed by atoms with E-state index in [0.717, 1.165) is 18.1 Å². The molecule has 0 aromatic heterocycles. The van der Waals surface area contributed by atoms with E-state index in [0.29, 0.717) is 0 Å². The van der Waals surface area contributed by atoms with Gasteiger partial charge in [0, 0.05) is 18.8 Å². The summed E-state index contributed by atoms with van der Waals surface area (Å²) in [5, 5.41) is 12.2. The van der Waals surface area contributed by atoms with Crippen LogP contribution in [0.15, 0.2) is 41.5 Å². The standard InChI is InChI=1S/C36H46O12Si/c1-9-49(10-2,11-3)48-22-17-23-35(18-43-23,46-20(5)37)27-30(44-31(41)21-15-13-12-14-16-21)36-29(45-32(42)47-36)25(38)19(4)24(33(36,6)7)26(39)28(40)34(22,27)8/h12-16,22-23,26-27,29-30,39H,9-11,17-18H2,1-8H3/t22-,23+,26+,27-,29-,30-,34+,35-,36+/m0/s1. The van der Waals surface area contributed by atoms with Gasteiger partial charge in [0.05, 0.1) is 29.6 Å². The van der Waals surface area contributed by atoms with Gasteiger partial charge in [0.2, 0.25) is 17.5 Å². The van der Waals surface area contributed by atoms with Gasteiger partial charge in [-0.25, -0.2) is 9.59 Å². The molecular formula is C36H46O12Si. The van der Waals surface area contributed by atoms with Crippen LogP contribution < -0.4 is 0 Å². The van der Waals surface area contributed by atoms with Gasteiger partial charge in [0.1, 0.15) is 12.2 Å². The number of esters is 2. The Morgan fingerprint density at radius 3 is 2.20 bits per heavy atom. The molecule has 5 aliphatic rings. The lowest BCUT2D eigenvalue weighted by Gasteiger charge is -2.67. The SMILES string of the molecule is CC[Si](CC)(CC)O[C@H]1C[C@H]2OC[C@@]2(OC(C)=O)[C@H]2[C@H](OC(=O)c3ccccc3)[C@]34OC(=O)O[C@H]3C(=O)C(C)=C([C@@H](O)C(=O)[C@]12C)C4(C)C. The summed E-state index contributed by atoms with van der Waals surface area (Å²) in [6, 6.07) is 10.4. The Bertz CT molecular complexity index is 1610. The van der Waals surface area contributed by atoms with Gasteiger partial charge in [-0.2, -0.15) is 0 Å².